The minimum Gasteiger partial charge on any atom is -0.356 e. The van der Waals surface area contributed by atoms with Crippen molar-refractivity contribution in [1.29, 1.82) is 0 Å². The van der Waals surface area contributed by atoms with Crippen molar-refractivity contribution in [2.24, 2.45) is 4.99 Å². The highest BCUT2D eigenvalue weighted by Gasteiger charge is 2.17. The van der Waals surface area contributed by atoms with Crippen LogP contribution in [0.1, 0.15) is 51.2 Å². The molecule has 2 N–H and O–H groups in total. The third kappa shape index (κ3) is 9.70. The topological polar surface area (TPSA) is 69.6 Å². The number of likely N-dealkylation sites (N-methyl/N-ethyl adjacent to an activating group) is 1. The Hall–Kier alpha value is -0.900. The smallest absolute Gasteiger partial charge is 0.243 e. The zero-order valence-electron chi connectivity index (χ0n) is 16.9. The van der Waals surface area contributed by atoms with Crippen LogP contribution in [0, 0.1) is 0 Å². The van der Waals surface area contributed by atoms with Crippen LogP contribution in [0.3, 0.4) is 0 Å². The number of hydrogen-bond acceptors (Lipinski definition) is 4. The van der Waals surface area contributed by atoms with Gasteiger partial charge in [0.05, 0.1) is 10.7 Å². The van der Waals surface area contributed by atoms with Crippen molar-refractivity contribution >= 4 is 47.2 Å². The van der Waals surface area contributed by atoms with Gasteiger partial charge in [-0.05, 0) is 6.42 Å². The summed E-state index contributed by atoms with van der Waals surface area (Å²) in [5.74, 6) is 0.681. The minimum atomic E-state index is -0.00842. The molecular formula is C18H34IN5OS. The Balaban J connectivity index is 0.00000625. The summed E-state index contributed by atoms with van der Waals surface area (Å²) in [5, 5.41) is 9.87. The number of rotatable bonds is 8. The van der Waals surface area contributed by atoms with E-state index in [9.17, 15) is 4.79 Å². The lowest BCUT2D eigenvalue weighted by Crippen LogP contribution is -2.40. The number of guanidine groups is 1. The zero-order valence-corrected chi connectivity index (χ0v) is 20.0. The highest BCUT2D eigenvalue weighted by Crippen LogP contribution is 2.25. The van der Waals surface area contributed by atoms with E-state index in [1.165, 1.54) is 0 Å². The molecule has 0 spiro atoms. The average molecular weight is 495 g/mol. The Morgan fingerprint density at radius 1 is 1.27 bits per heavy atom. The number of carbonyl (C=O) groups excluding carboxylic acids is 1. The molecule has 8 heteroatoms. The van der Waals surface area contributed by atoms with Gasteiger partial charge in [-0.1, -0.05) is 34.1 Å². The number of hydrogen-bond donors (Lipinski definition) is 2. The number of aliphatic imine (C=N–C) groups is 1. The molecule has 0 bridgehead atoms. The molecule has 0 saturated heterocycles. The standard InChI is InChI=1S/C18H33N5OS.HI/c1-7-8-10-19-17(21-12-15(24)23(5)6)20-11-9-14-13-25-16(22-14)18(2,3)4;/h13H,7-12H2,1-6H3,(H2,19,20,21);1H. The zero-order chi connectivity index (χ0) is 18.9. The minimum absolute atomic E-state index is 0. The predicted molar refractivity (Wildman–Crippen MR) is 122 cm³/mol. The maximum atomic E-state index is 11.7. The first kappa shape index (κ1) is 25.1. The van der Waals surface area contributed by atoms with E-state index in [0.29, 0.717) is 5.96 Å². The molecule has 26 heavy (non-hydrogen) atoms. The second-order valence-corrected chi connectivity index (χ2v) is 8.16. The van der Waals surface area contributed by atoms with E-state index in [0.717, 1.165) is 43.1 Å². The third-order valence-electron chi connectivity index (χ3n) is 3.56. The second kappa shape index (κ2) is 12.5. The maximum absolute atomic E-state index is 11.7. The fourth-order valence-electron chi connectivity index (χ4n) is 1.92. The highest BCUT2D eigenvalue weighted by atomic mass is 127. The fraction of sp³-hybridized carbons (Fsp3) is 0.722. The summed E-state index contributed by atoms with van der Waals surface area (Å²) < 4.78 is 0. The van der Waals surface area contributed by atoms with Crippen LogP contribution >= 0.6 is 35.3 Å². The molecule has 0 unspecified atom stereocenters. The number of nitrogens with one attached hydrogen (secondary N) is 2. The van der Waals surface area contributed by atoms with E-state index in [2.05, 4.69) is 48.7 Å². The van der Waals surface area contributed by atoms with E-state index in [1.807, 2.05) is 0 Å². The maximum Gasteiger partial charge on any atom is 0.243 e. The summed E-state index contributed by atoms with van der Waals surface area (Å²) >= 11 is 1.71. The molecule has 1 amide bonds. The quantitative estimate of drug-likeness (QED) is 0.252. The largest absolute Gasteiger partial charge is 0.356 e. The van der Waals surface area contributed by atoms with E-state index >= 15 is 0 Å². The summed E-state index contributed by atoms with van der Waals surface area (Å²) in [6.45, 7) is 10.4. The molecule has 0 fully saturated rings. The van der Waals surface area contributed by atoms with Crippen molar-refractivity contribution < 1.29 is 4.79 Å². The molecule has 0 aliphatic heterocycles. The summed E-state index contributed by atoms with van der Waals surface area (Å²) in [7, 11) is 3.48. The van der Waals surface area contributed by atoms with Gasteiger partial charge in [0, 0.05) is 44.4 Å². The lowest BCUT2D eigenvalue weighted by Gasteiger charge is -2.14. The van der Waals surface area contributed by atoms with Crippen LogP contribution in [0.2, 0.25) is 0 Å². The molecule has 1 rings (SSSR count). The lowest BCUT2D eigenvalue weighted by atomic mass is 9.98. The Bertz CT molecular complexity index is 566. The van der Waals surface area contributed by atoms with E-state index in [4.69, 9.17) is 4.98 Å². The van der Waals surface area contributed by atoms with Crippen molar-refractivity contribution in [3.63, 3.8) is 0 Å². The second-order valence-electron chi connectivity index (χ2n) is 7.30. The van der Waals surface area contributed by atoms with Crippen molar-refractivity contribution in [3.05, 3.63) is 16.1 Å². The molecule has 0 aliphatic carbocycles. The Labute approximate surface area is 179 Å². The lowest BCUT2D eigenvalue weighted by molar-refractivity contribution is -0.127. The molecule has 6 nitrogen and oxygen atoms in total. The van der Waals surface area contributed by atoms with Crippen LogP contribution in [-0.4, -0.2) is 55.5 Å². The average Bonchev–Trinajstić information content (AvgIpc) is 3.01. The number of aromatic nitrogens is 1. The Morgan fingerprint density at radius 2 is 1.92 bits per heavy atom. The summed E-state index contributed by atoms with van der Waals surface area (Å²) in [6.07, 6.45) is 3.03. The van der Waals surface area contributed by atoms with Crippen LogP contribution < -0.4 is 10.6 Å². The van der Waals surface area contributed by atoms with Gasteiger partial charge >= 0.3 is 0 Å². The summed E-state index contributed by atoms with van der Waals surface area (Å²) in [6, 6.07) is 0. The van der Waals surface area contributed by atoms with Crippen LogP contribution in [0.4, 0.5) is 0 Å². The van der Waals surface area contributed by atoms with Crippen molar-refractivity contribution in [2.75, 3.05) is 33.7 Å². The number of carbonyl (C=O) groups is 1. The Morgan fingerprint density at radius 3 is 2.46 bits per heavy atom. The summed E-state index contributed by atoms with van der Waals surface area (Å²) in [4.78, 5) is 22.4. The molecule has 1 aromatic rings. The van der Waals surface area contributed by atoms with E-state index in [1.54, 1.807) is 30.3 Å². The molecular weight excluding hydrogens is 461 g/mol. The van der Waals surface area contributed by atoms with Crippen LogP contribution in [0.5, 0.6) is 0 Å². The monoisotopic (exact) mass is 495 g/mol. The molecule has 1 aromatic heterocycles. The first-order chi connectivity index (χ1) is 11.7. The molecule has 0 radical (unpaired) electrons. The molecule has 0 atom stereocenters. The molecule has 0 aromatic carbocycles. The number of amides is 1. The van der Waals surface area contributed by atoms with Gasteiger partial charge in [-0.15, -0.1) is 35.3 Å². The Kier molecular flexibility index (Phi) is 12.0. The van der Waals surface area contributed by atoms with Gasteiger partial charge in [0.2, 0.25) is 5.91 Å². The van der Waals surface area contributed by atoms with Crippen molar-refractivity contribution in [2.45, 2.75) is 52.4 Å². The molecule has 1 heterocycles. The highest BCUT2D eigenvalue weighted by molar-refractivity contribution is 14.0. The van der Waals surface area contributed by atoms with E-state index in [-0.39, 0.29) is 41.8 Å². The van der Waals surface area contributed by atoms with Crippen LogP contribution in [0.15, 0.2) is 10.4 Å². The SMILES string of the molecule is CCCCNC(=NCC(=O)N(C)C)NCCc1csc(C(C)(C)C)n1.I. The third-order valence-corrected chi connectivity index (χ3v) is 4.88. The summed E-state index contributed by atoms with van der Waals surface area (Å²) in [5.41, 5.74) is 1.19. The first-order valence-electron chi connectivity index (χ1n) is 8.91. The number of thiazole rings is 1. The number of unbranched alkanes of at least 4 members (excludes halogenated alkanes) is 1. The number of nitrogens with zero attached hydrogens (tertiary/aromatic N) is 3. The van der Waals surface area contributed by atoms with Crippen LogP contribution in [-0.2, 0) is 16.6 Å². The van der Waals surface area contributed by atoms with Gasteiger partial charge < -0.3 is 15.5 Å². The van der Waals surface area contributed by atoms with Gasteiger partial charge in [0.15, 0.2) is 5.96 Å². The van der Waals surface area contributed by atoms with Gasteiger partial charge in [-0.25, -0.2) is 9.98 Å². The van der Waals surface area contributed by atoms with Gasteiger partial charge in [0.1, 0.15) is 6.54 Å². The number of halogens is 1. The van der Waals surface area contributed by atoms with Gasteiger partial charge in [-0.2, -0.15) is 0 Å². The normalized spacial score (nSPS) is 11.7. The van der Waals surface area contributed by atoms with Crippen molar-refractivity contribution in [3.8, 4) is 0 Å². The molecule has 150 valence electrons. The van der Waals surface area contributed by atoms with E-state index < -0.39 is 0 Å². The predicted octanol–water partition coefficient (Wildman–Crippen LogP) is 3.02. The molecule has 0 aliphatic rings. The first-order valence-corrected chi connectivity index (χ1v) is 9.79. The van der Waals surface area contributed by atoms with Gasteiger partial charge in [-0.3, -0.25) is 4.79 Å². The van der Waals surface area contributed by atoms with Crippen LogP contribution in [0.25, 0.3) is 0 Å². The van der Waals surface area contributed by atoms with Gasteiger partial charge in [0.25, 0.3) is 0 Å². The molecule has 0 saturated carbocycles. The van der Waals surface area contributed by atoms with Crippen molar-refractivity contribution in [1.82, 2.24) is 20.5 Å². The fourth-order valence-corrected chi connectivity index (χ4v) is 2.86.